The molecule has 0 saturated heterocycles. The number of phenolic OH excluding ortho intramolecular Hbond substituents is 1. The Morgan fingerprint density at radius 3 is 1.88 bits per heavy atom. The first-order chi connectivity index (χ1) is 20.6. The lowest BCUT2D eigenvalue weighted by Crippen LogP contribution is -2.26. The molecule has 0 amide bonds. The van der Waals surface area contributed by atoms with Crippen molar-refractivity contribution in [2.45, 2.75) is 66.2 Å². The Bertz CT molecular complexity index is 1750. The topological polar surface area (TPSA) is 57.4 Å². The summed E-state index contributed by atoms with van der Waals surface area (Å²) in [4.78, 5) is 9.66. The van der Waals surface area contributed by atoms with Crippen molar-refractivity contribution in [1.82, 2.24) is 14.8 Å². The number of benzene rings is 4. The number of aromatic hydroxyl groups is 1. The average molecular weight is 572 g/mol. The van der Waals surface area contributed by atoms with E-state index in [0.29, 0.717) is 41.8 Å². The molecule has 6 heteroatoms. The highest BCUT2D eigenvalue weighted by molar-refractivity contribution is 5.89. The van der Waals surface area contributed by atoms with Gasteiger partial charge < -0.3 is 14.9 Å². The van der Waals surface area contributed by atoms with Crippen LogP contribution in [0.15, 0.2) is 84.9 Å². The largest absolute Gasteiger partial charge is 0.506 e. The van der Waals surface area contributed by atoms with Gasteiger partial charge >= 0.3 is 0 Å². The summed E-state index contributed by atoms with van der Waals surface area (Å²) >= 11 is 0. The van der Waals surface area contributed by atoms with E-state index in [1.807, 2.05) is 25.1 Å². The highest BCUT2D eigenvalue weighted by atomic mass is 16.3. The van der Waals surface area contributed by atoms with Gasteiger partial charge in [0.2, 0.25) is 0 Å². The Kier molecular flexibility index (Phi) is 7.47. The fraction of sp³-hybridized carbons (Fsp3) is 0.297. The van der Waals surface area contributed by atoms with Crippen molar-refractivity contribution in [2.75, 3.05) is 16.5 Å². The minimum absolute atomic E-state index is 0.174. The van der Waals surface area contributed by atoms with E-state index in [-0.39, 0.29) is 5.75 Å². The standard InChI is InChI=1S/C37H41N5O/c1-23(2)28-20-30(24(3)4)36(31(21-28)25(5)6)41-22-40(32-15-8-9-16-33(32)41)29-14-12-13-27(19-29)37-38-26(7)42(39-37)34-17-10-11-18-35(34)43/h8-21,23-25,43H,22H2,1-7H3. The van der Waals surface area contributed by atoms with Crippen LogP contribution in [0.3, 0.4) is 0 Å². The van der Waals surface area contributed by atoms with Crippen LogP contribution in [0.5, 0.6) is 5.75 Å². The van der Waals surface area contributed by atoms with Crippen LogP contribution < -0.4 is 9.80 Å². The third kappa shape index (κ3) is 5.16. The van der Waals surface area contributed by atoms with Gasteiger partial charge in [0.25, 0.3) is 0 Å². The van der Waals surface area contributed by atoms with Gasteiger partial charge in [0.1, 0.15) is 23.9 Å². The summed E-state index contributed by atoms with van der Waals surface area (Å²) in [6.07, 6.45) is 0. The molecule has 1 aliphatic rings. The molecule has 2 heterocycles. The average Bonchev–Trinajstić information content (AvgIpc) is 3.57. The number of nitrogens with zero attached hydrogens (tertiary/aromatic N) is 5. The number of fused-ring (bicyclic) bond motifs is 1. The second-order valence-electron chi connectivity index (χ2n) is 12.4. The minimum Gasteiger partial charge on any atom is -0.506 e. The van der Waals surface area contributed by atoms with Crippen molar-refractivity contribution in [2.24, 2.45) is 0 Å². The molecule has 1 aromatic heterocycles. The number of para-hydroxylation sites is 4. The van der Waals surface area contributed by atoms with Crippen LogP contribution in [0.2, 0.25) is 0 Å². The second kappa shape index (κ2) is 11.3. The van der Waals surface area contributed by atoms with Gasteiger partial charge in [-0.3, -0.25) is 0 Å². The van der Waals surface area contributed by atoms with Crippen molar-refractivity contribution < 1.29 is 5.11 Å². The van der Waals surface area contributed by atoms with E-state index in [9.17, 15) is 5.11 Å². The predicted octanol–water partition coefficient (Wildman–Crippen LogP) is 9.57. The zero-order valence-electron chi connectivity index (χ0n) is 26.2. The summed E-state index contributed by atoms with van der Waals surface area (Å²) in [7, 11) is 0. The number of rotatable bonds is 7. The maximum atomic E-state index is 10.4. The molecule has 0 saturated carbocycles. The molecule has 6 rings (SSSR count). The molecule has 6 nitrogen and oxygen atoms in total. The fourth-order valence-corrected chi connectivity index (χ4v) is 6.05. The Hall–Kier alpha value is -4.58. The van der Waals surface area contributed by atoms with Crippen LogP contribution in [-0.2, 0) is 0 Å². The van der Waals surface area contributed by atoms with Crippen LogP contribution >= 0.6 is 0 Å². The minimum atomic E-state index is 0.174. The molecular weight excluding hydrogens is 530 g/mol. The number of anilines is 4. The van der Waals surface area contributed by atoms with Gasteiger partial charge in [-0.05, 0) is 77.8 Å². The Morgan fingerprint density at radius 2 is 1.28 bits per heavy atom. The summed E-state index contributed by atoms with van der Waals surface area (Å²) in [5, 5.41) is 15.2. The third-order valence-corrected chi connectivity index (χ3v) is 8.41. The third-order valence-electron chi connectivity index (χ3n) is 8.41. The molecule has 5 aromatic rings. The van der Waals surface area contributed by atoms with Crippen LogP contribution in [-0.4, -0.2) is 26.5 Å². The molecule has 0 radical (unpaired) electrons. The lowest BCUT2D eigenvalue weighted by atomic mass is 9.87. The highest BCUT2D eigenvalue weighted by Gasteiger charge is 2.32. The van der Waals surface area contributed by atoms with Crippen molar-refractivity contribution in [3.8, 4) is 22.8 Å². The summed E-state index contributed by atoms with van der Waals surface area (Å²) in [5.74, 6) is 2.77. The van der Waals surface area contributed by atoms with Crippen molar-refractivity contribution in [3.05, 3.63) is 107 Å². The molecule has 0 aliphatic carbocycles. The first-order valence-electron chi connectivity index (χ1n) is 15.3. The van der Waals surface area contributed by atoms with E-state index in [4.69, 9.17) is 10.1 Å². The lowest BCUT2D eigenvalue weighted by Gasteiger charge is -2.30. The molecule has 220 valence electrons. The van der Waals surface area contributed by atoms with Gasteiger partial charge in [0.05, 0.1) is 11.4 Å². The Balaban J connectivity index is 1.43. The molecular formula is C37H41N5O. The highest BCUT2D eigenvalue weighted by Crippen LogP contribution is 2.49. The van der Waals surface area contributed by atoms with Crippen LogP contribution in [0.4, 0.5) is 22.7 Å². The Morgan fingerprint density at radius 1 is 0.674 bits per heavy atom. The second-order valence-corrected chi connectivity index (χ2v) is 12.4. The Labute approximate surface area is 255 Å². The molecule has 43 heavy (non-hydrogen) atoms. The molecule has 0 bridgehead atoms. The van der Waals surface area contributed by atoms with E-state index in [2.05, 4.69) is 106 Å². The zero-order valence-corrected chi connectivity index (χ0v) is 26.2. The van der Waals surface area contributed by atoms with Crippen molar-refractivity contribution in [3.63, 3.8) is 0 Å². The molecule has 1 aliphatic heterocycles. The maximum Gasteiger partial charge on any atom is 0.181 e. The molecule has 0 unspecified atom stereocenters. The summed E-state index contributed by atoms with van der Waals surface area (Å²) in [5.41, 5.74) is 10.6. The number of hydrogen-bond donors (Lipinski definition) is 1. The molecule has 1 N–H and O–H groups in total. The van der Waals surface area contributed by atoms with E-state index in [1.165, 1.54) is 33.8 Å². The molecule has 0 atom stereocenters. The van der Waals surface area contributed by atoms with E-state index >= 15 is 0 Å². The lowest BCUT2D eigenvalue weighted by molar-refractivity contribution is 0.470. The van der Waals surface area contributed by atoms with Crippen LogP contribution in [0, 0.1) is 6.92 Å². The monoisotopic (exact) mass is 571 g/mol. The first kappa shape index (κ1) is 28.5. The molecule has 0 spiro atoms. The summed E-state index contributed by atoms with van der Waals surface area (Å²) in [6.45, 7) is 16.4. The first-order valence-corrected chi connectivity index (χ1v) is 15.3. The van der Waals surface area contributed by atoms with E-state index < -0.39 is 0 Å². The number of aryl methyl sites for hydroxylation is 1. The van der Waals surface area contributed by atoms with Gasteiger partial charge in [0, 0.05) is 16.9 Å². The van der Waals surface area contributed by atoms with E-state index in [1.54, 1.807) is 16.8 Å². The smallest absolute Gasteiger partial charge is 0.181 e. The van der Waals surface area contributed by atoms with Gasteiger partial charge in [0.15, 0.2) is 5.82 Å². The molecule has 0 fully saturated rings. The van der Waals surface area contributed by atoms with Gasteiger partial charge in [-0.25, -0.2) is 9.67 Å². The fourth-order valence-electron chi connectivity index (χ4n) is 6.05. The van der Waals surface area contributed by atoms with Crippen LogP contribution in [0.1, 0.15) is 81.8 Å². The maximum absolute atomic E-state index is 10.4. The van der Waals surface area contributed by atoms with Crippen LogP contribution in [0.25, 0.3) is 17.1 Å². The molecule has 4 aromatic carbocycles. The SMILES string of the molecule is Cc1nc(-c2cccc(N3CN(c4c(C(C)C)cc(C(C)C)cc4C(C)C)c4ccccc43)c2)nn1-c1ccccc1O. The predicted molar refractivity (Wildman–Crippen MR) is 177 cm³/mol. The zero-order chi connectivity index (χ0) is 30.4. The summed E-state index contributed by atoms with van der Waals surface area (Å²) < 4.78 is 1.70. The van der Waals surface area contributed by atoms with Gasteiger partial charge in [-0.15, -0.1) is 5.10 Å². The number of phenols is 1. The van der Waals surface area contributed by atoms with Crippen molar-refractivity contribution in [1.29, 1.82) is 0 Å². The number of hydrogen-bond acceptors (Lipinski definition) is 5. The van der Waals surface area contributed by atoms with Crippen molar-refractivity contribution >= 4 is 22.7 Å². The quantitative estimate of drug-likeness (QED) is 0.211. The van der Waals surface area contributed by atoms with E-state index in [0.717, 1.165) is 11.3 Å². The van der Waals surface area contributed by atoms with Gasteiger partial charge in [-0.1, -0.05) is 90.1 Å². The normalized spacial score (nSPS) is 13.1. The number of aromatic nitrogens is 3. The summed E-state index contributed by atoms with van der Waals surface area (Å²) in [6, 6.07) is 29.2. The van der Waals surface area contributed by atoms with Gasteiger partial charge in [-0.2, -0.15) is 0 Å².